The Morgan fingerprint density at radius 1 is 1.33 bits per heavy atom. The third-order valence-corrected chi connectivity index (χ3v) is 5.36. The average Bonchev–Trinajstić information content (AvgIpc) is 2.49. The number of halogens is 1. The first-order valence-corrected chi connectivity index (χ1v) is 9.35. The van der Waals surface area contributed by atoms with E-state index in [1.54, 1.807) is 0 Å². The molecule has 1 unspecified atom stereocenters. The van der Waals surface area contributed by atoms with Gasteiger partial charge in [0.1, 0.15) is 0 Å². The Balaban J connectivity index is 0.00000288. The lowest BCUT2D eigenvalue weighted by atomic mass is 9.67. The van der Waals surface area contributed by atoms with Gasteiger partial charge in [0.25, 0.3) is 0 Å². The monoisotopic (exact) mass is 452 g/mol. The largest absolute Gasteiger partial charge is 0.374 e. The van der Waals surface area contributed by atoms with Gasteiger partial charge in [-0.2, -0.15) is 0 Å². The second-order valence-electron chi connectivity index (χ2n) is 7.66. The van der Waals surface area contributed by atoms with Gasteiger partial charge < -0.3 is 15.4 Å². The van der Waals surface area contributed by atoms with Gasteiger partial charge >= 0.3 is 0 Å². The van der Waals surface area contributed by atoms with Gasteiger partial charge in [0.05, 0.1) is 12.7 Å². The van der Waals surface area contributed by atoms with Crippen LogP contribution in [-0.4, -0.2) is 63.3 Å². The third-order valence-electron chi connectivity index (χ3n) is 5.36. The second-order valence-corrected chi connectivity index (χ2v) is 7.66. The highest BCUT2D eigenvalue weighted by Crippen LogP contribution is 2.42. The summed E-state index contributed by atoms with van der Waals surface area (Å²) in [6.07, 6.45) is 5.59. The molecule has 0 radical (unpaired) electrons. The van der Waals surface area contributed by atoms with Crippen LogP contribution in [0.2, 0.25) is 0 Å². The Hall–Kier alpha value is -0.0800. The molecular formula is C18H37IN4O. The van der Waals surface area contributed by atoms with Gasteiger partial charge in [-0.15, -0.1) is 24.0 Å². The minimum absolute atomic E-state index is 0. The highest BCUT2D eigenvalue weighted by molar-refractivity contribution is 14.0. The highest BCUT2D eigenvalue weighted by atomic mass is 127. The van der Waals surface area contributed by atoms with E-state index in [4.69, 9.17) is 4.74 Å². The van der Waals surface area contributed by atoms with Crippen LogP contribution in [0.15, 0.2) is 4.99 Å². The minimum atomic E-state index is 0. The molecule has 2 rings (SSSR count). The number of hydrogen-bond acceptors (Lipinski definition) is 3. The molecule has 1 aliphatic carbocycles. The van der Waals surface area contributed by atoms with Crippen molar-refractivity contribution >= 4 is 29.9 Å². The number of guanidine groups is 1. The molecule has 2 aliphatic rings. The molecule has 0 bridgehead atoms. The number of rotatable bonds is 7. The van der Waals surface area contributed by atoms with E-state index in [2.05, 4.69) is 41.3 Å². The zero-order chi connectivity index (χ0) is 16.7. The number of hydrogen-bond donors (Lipinski definition) is 2. The molecule has 1 saturated heterocycles. The summed E-state index contributed by atoms with van der Waals surface area (Å²) in [6, 6.07) is 0. The molecule has 5 nitrogen and oxygen atoms in total. The number of aliphatic imine (C=N–C) groups is 1. The SMILES string of the molecule is CCC1(CNC(=NC)NCC2CN(CC(C)C)CCO2)CCC1.I. The molecule has 0 aromatic rings. The zero-order valence-electron chi connectivity index (χ0n) is 15.9. The summed E-state index contributed by atoms with van der Waals surface area (Å²) in [5, 5.41) is 6.96. The normalized spacial score (nSPS) is 24.2. The third kappa shape index (κ3) is 6.67. The predicted octanol–water partition coefficient (Wildman–Crippen LogP) is 2.71. The van der Waals surface area contributed by atoms with Gasteiger partial charge in [-0.3, -0.25) is 9.89 Å². The van der Waals surface area contributed by atoms with E-state index in [0.29, 0.717) is 11.3 Å². The Bertz CT molecular complexity index is 380. The predicted molar refractivity (Wildman–Crippen MR) is 112 cm³/mol. The number of nitrogens with zero attached hydrogens (tertiary/aromatic N) is 2. The lowest BCUT2D eigenvalue weighted by Crippen LogP contribution is -2.51. The number of ether oxygens (including phenoxy) is 1. The summed E-state index contributed by atoms with van der Waals surface area (Å²) >= 11 is 0. The van der Waals surface area contributed by atoms with Gasteiger partial charge in [0.2, 0.25) is 0 Å². The summed E-state index contributed by atoms with van der Waals surface area (Å²) in [5.74, 6) is 1.62. The molecule has 0 aromatic heterocycles. The lowest BCUT2D eigenvalue weighted by molar-refractivity contribution is -0.0284. The van der Waals surface area contributed by atoms with E-state index in [9.17, 15) is 0 Å². The van der Waals surface area contributed by atoms with Crippen LogP contribution in [-0.2, 0) is 4.74 Å². The van der Waals surface area contributed by atoms with E-state index < -0.39 is 0 Å². The van der Waals surface area contributed by atoms with Gasteiger partial charge in [-0.1, -0.05) is 27.2 Å². The summed E-state index contributed by atoms with van der Waals surface area (Å²) in [7, 11) is 1.85. The summed E-state index contributed by atoms with van der Waals surface area (Å²) < 4.78 is 5.90. The molecule has 142 valence electrons. The van der Waals surface area contributed by atoms with Crippen LogP contribution < -0.4 is 10.6 Å². The van der Waals surface area contributed by atoms with Gasteiger partial charge in [-0.25, -0.2) is 0 Å². The fourth-order valence-corrected chi connectivity index (χ4v) is 3.62. The first kappa shape index (κ1) is 22.0. The van der Waals surface area contributed by atoms with E-state index in [-0.39, 0.29) is 30.1 Å². The van der Waals surface area contributed by atoms with Crippen molar-refractivity contribution in [1.82, 2.24) is 15.5 Å². The van der Waals surface area contributed by atoms with Gasteiger partial charge in [-0.05, 0) is 30.6 Å². The number of nitrogens with one attached hydrogen (secondary N) is 2. The standard InChI is InChI=1S/C18H36N4O.HI/c1-5-18(7-6-8-18)14-21-17(19-4)20-11-16-13-22(9-10-23-16)12-15(2)3;/h15-16H,5-14H2,1-4H3,(H2,19,20,21);1H. The van der Waals surface area contributed by atoms with E-state index in [1.165, 1.54) is 25.7 Å². The minimum Gasteiger partial charge on any atom is -0.374 e. The molecule has 1 saturated carbocycles. The van der Waals surface area contributed by atoms with Gasteiger partial charge in [0.15, 0.2) is 5.96 Å². The van der Waals surface area contributed by atoms with Crippen molar-refractivity contribution in [3.8, 4) is 0 Å². The van der Waals surface area contributed by atoms with Crippen LogP contribution in [0.3, 0.4) is 0 Å². The Kier molecular flexibility index (Phi) is 9.89. The fourth-order valence-electron chi connectivity index (χ4n) is 3.62. The Morgan fingerprint density at radius 3 is 2.62 bits per heavy atom. The van der Waals surface area contributed by atoms with E-state index in [1.807, 2.05) is 7.05 Å². The Labute approximate surface area is 165 Å². The molecular weight excluding hydrogens is 415 g/mol. The van der Waals surface area contributed by atoms with Crippen LogP contribution in [0.1, 0.15) is 46.5 Å². The first-order chi connectivity index (χ1) is 11.1. The molecule has 2 fully saturated rings. The van der Waals surface area contributed by atoms with Crippen molar-refractivity contribution in [2.24, 2.45) is 16.3 Å². The second kappa shape index (κ2) is 10.8. The molecule has 0 spiro atoms. The van der Waals surface area contributed by atoms with Crippen LogP contribution in [0, 0.1) is 11.3 Å². The molecule has 0 amide bonds. The zero-order valence-corrected chi connectivity index (χ0v) is 18.3. The Morgan fingerprint density at radius 2 is 2.08 bits per heavy atom. The first-order valence-electron chi connectivity index (χ1n) is 9.35. The molecule has 1 aliphatic heterocycles. The summed E-state index contributed by atoms with van der Waals surface area (Å²) in [5.41, 5.74) is 0.507. The summed E-state index contributed by atoms with van der Waals surface area (Å²) in [6.45, 7) is 12.8. The smallest absolute Gasteiger partial charge is 0.191 e. The van der Waals surface area contributed by atoms with Crippen LogP contribution in [0.5, 0.6) is 0 Å². The van der Waals surface area contributed by atoms with Gasteiger partial charge in [0, 0.05) is 39.8 Å². The van der Waals surface area contributed by atoms with Crippen LogP contribution in [0.4, 0.5) is 0 Å². The van der Waals surface area contributed by atoms with Crippen LogP contribution >= 0.6 is 24.0 Å². The van der Waals surface area contributed by atoms with Crippen LogP contribution in [0.25, 0.3) is 0 Å². The van der Waals surface area contributed by atoms with Crippen molar-refractivity contribution in [1.29, 1.82) is 0 Å². The lowest BCUT2D eigenvalue weighted by Gasteiger charge is -2.41. The van der Waals surface area contributed by atoms with E-state index >= 15 is 0 Å². The maximum atomic E-state index is 5.90. The van der Waals surface area contributed by atoms with Crippen molar-refractivity contribution in [3.05, 3.63) is 0 Å². The van der Waals surface area contributed by atoms with Crippen molar-refractivity contribution in [3.63, 3.8) is 0 Å². The van der Waals surface area contributed by atoms with E-state index in [0.717, 1.165) is 45.3 Å². The van der Waals surface area contributed by atoms with Crippen molar-refractivity contribution in [2.75, 3.05) is 46.4 Å². The molecule has 1 atom stereocenters. The maximum Gasteiger partial charge on any atom is 0.191 e. The van der Waals surface area contributed by atoms with Crippen molar-refractivity contribution < 1.29 is 4.74 Å². The molecule has 6 heteroatoms. The maximum absolute atomic E-state index is 5.90. The highest BCUT2D eigenvalue weighted by Gasteiger charge is 2.35. The fraction of sp³-hybridized carbons (Fsp3) is 0.944. The quantitative estimate of drug-likeness (QED) is 0.354. The summed E-state index contributed by atoms with van der Waals surface area (Å²) in [4.78, 5) is 6.87. The molecule has 0 aromatic carbocycles. The molecule has 24 heavy (non-hydrogen) atoms. The molecule has 2 N–H and O–H groups in total. The average molecular weight is 452 g/mol. The van der Waals surface area contributed by atoms with Crippen molar-refractivity contribution in [2.45, 2.75) is 52.6 Å². The number of morpholine rings is 1. The topological polar surface area (TPSA) is 48.9 Å². The molecule has 1 heterocycles.